The van der Waals surface area contributed by atoms with E-state index in [0.29, 0.717) is 26.5 Å². The topological polar surface area (TPSA) is 99.5 Å². The zero-order chi connectivity index (χ0) is 24.4. The second-order valence-corrected chi connectivity index (χ2v) is 9.57. The summed E-state index contributed by atoms with van der Waals surface area (Å²) < 4.78 is 11.7. The van der Waals surface area contributed by atoms with Crippen LogP contribution < -0.4 is 15.6 Å². The van der Waals surface area contributed by atoms with Crippen LogP contribution in [0.1, 0.15) is 27.7 Å². The minimum absolute atomic E-state index is 0.199. The van der Waals surface area contributed by atoms with E-state index < -0.39 is 11.9 Å². The van der Waals surface area contributed by atoms with Crippen LogP contribution in [0.4, 0.5) is 5.00 Å². The Morgan fingerprint density at radius 1 is 1.18 bits per heavy atom. The van der Waals surface area contributed by atoms with Gasteiger partial charge in [0.05, 0.1) is 25.4 Å². The van der Waals surface area contributed by atoms with Gasteiger partial charge in [-0.1, -0.05) is 12.1 Å². The Hall–Kier alpha value is -3.50. The molecule has 1 aromatic carbocycles. The summed E-state index contributed by atoms with van der Waals surface area (Å²) in [5, 5.41) is 5.46. The maximum atomic E-state index is 12.9. The SMILES string of the molecule is CCOC(=O)c1c(-c2ccc(OC)cc2)csc1NC(=O)Cn1cnc2sc(C)c(C)c2c1=O. The molecule has 4 rings (SSSR count). The van der Waals surface area contributed by atoms with Gasteiger partial charge in [0.25, 0.3) is 5.56 Å². The van der Waals surface area contributed by atoms with Gasteiger partial charge in [0.1, 0.15) is 27.7 Å². The molecular weight excluding hydrogens is 474 g/mol. The highest BCUT2D eigenvalue weighted by Crippen LogP contribution is 2.37. The van der Waals surface area contributed by atoms with Crippen molar-refractivity contribution in [3.63, 3.8) is 0 Å². The number of ether oxygens (including phenoxy) is 2. The molecule has 3 heterocycles. The van der Waals surface area contributed by atoms with Crippen LogP contribution in [-0.4, -0.2) is 35.1 Å². The molecule has 0 unspecified atom stereocenters. The average Bonchev–Trinajstić information content (AvgIpc) is 3.36. The molecule has 0 aliphatic heterocycles. The van der Waals surface area contributed by atoms with Crippen molar-refractivity contribution in [2.45, 2.75) is 27.3 Å². The van der Waals surface area contributed by atoms with Crippen LogP contribution in [-0.2, 0) is 16.1 Å². The fraction of sp³-hybridized carbons (Fsp3) is 0.250. The van der Waals surface area contributed by atoms with Crippen LogP contribution >= 0.6 is 22.7 Å². The zero-order valence-electron chi connectivity index (χ0n) is 19.1. The quantitative estimate of drug-likeness (QED) is 0.374. The zero-order valence-corrected chi connectivity index (χ0v) is 20.8. The second-order valence-electron chi connectivity index (χ2n) is 7.49. The minimum Gasteiger partial charge on any atom is -0.497 e. The van der Waals surface area contributed by atoms with Crippen molar-refractivity contribution in [2.24, 2.45) is 0 Å². The molecule has 1 amide bonds. The van der Waals surface area contributed by atoms with Crippen molar-refractivity contribution in [1.29, 1.82) is 0 Å². The summed E-state index contributed by atoms with van der Waals surface area (Å²) in [6, 6.07) is 7.26. The number of thiophene rings is 2. The van der Waals surface area contributed by atoms with Crippen LogP contribution in [0.15, 0.2) is 40.8 Å². The van der Waals surface area contributed by atoms with Crippen LogP contribution in [0.2, 0.25) is 0 Å². The molecule has 0 bridgehead atoms. The fourth-order valence-corrected chi connectivity index (χ4v) is 5.50. The average molecular weight is 498 g/mol. The third-order valence-corrected chi connectivity index (χ3v) is 7.41. The van der Waals surface area contributed by atoms with Crippen molar-refractivity contribution in [3.05, 3.63) is 62.3 Å². The van der Waals surface area contributed by atoms with E-state index in [9.17, 15) is 14.4 Å². The summed E-state index contributed by atoms with van der Waals surface area (Å²) in [6.07, 6.45) is 1.38. The molecule has 0 aliphatic carbocycles. The first-order valence-electron chi connectivity index (χ1n) is 10.5. The molecule has 0 fully saturated rings. The maximum absolute atomic E-state index is 12.9. The number of nitrogens with one attached hydrogen (secondary N) is 1. The molecule has 34 heavy (non-hydrogen) atoms. The Labute approximate surface area is 203 Å². The van der Waals surface area contributed by atoms with E-state index in [-0.39, 0.29) is 24.3 Å². The first-order valence-corrected chi connectivity index (χ1v) is 12.2. The standard InChI is InChI=1S/C24H23N3O5S2/c1-5-32-24(30)20-17(15-6-8-16(31-4)9-7-15)11-33-22(20)26-18(28)10-27-12-25-21-19(23(27)29)13(2)14(3)34-21/h6-9,11-12H,5,10H2,1-4H3,(H,26,28). The predicted molar refractivity (Wildman–Crippen MR) is 134 cm³/mol. The number of nitrogens with zero attached hydrogens (tertiary/aromatic N) is 2. The van der Waals surface area contributed by atoms with Crippen molar-refractivity contribution >= 4 is 49.8 Å². The van der Waals surface area contributed by atoms with Crippen LogP contribution in [0.5, 0.6) is 5.75 Å². The normalized spacial score (nSPS) is 10.9. The van der Waals surface area contributed by atoms with Gasteiger partial charge in [-0.15, -0.1) is 22.7 Å². The number of aryl methyl sites for hydroxylation is 2. The summed E-state index contributed by atoms with van der Waals surface area (Å²) in [5.74, 6) is -0.284. The lowest BCUT2D eigenvalue weighted by molar-refractivity contribution is -0.116. The van der Waals surface area contributed by atoms with E-state index in [1.54, 1.807) is 31.5 Å². The number of rotatable bonds is 7. The molecule has 176 valence electrons. The molecule has 1 N–H and O–H groups in total. The van der Waals surface area contributed by atoms with Gasteiger partial charge in [-0.3, -0.25) is 14.2 Å². The van der Waals surface area contributed by atoms with E-state index in [1.807, 2.05) is 26.0 Å². The number of amides is 1. The molecule has 0 spiro atoms. The molecule has 8 nitrogen and oxygen atoms in total. The summed E-state index contributed by atoms with van der Waals surface area (Å²) in [4.78, 5) is 44.6. The largest absolute Gasteiger partial charge is 0.497 e. The molecule has 0 atom stereocenters. The highest BCUT2D eigenvalue weighted by Gasteiger charge is 2.23. The van der Waals surface area contributed by atoms with E-state index >= 15 is 0 Å². The lowest BCUT2D eigenvalue weighted by Crippen LogP contribution is -2.28. The molecule has 4 aromatic rings. The van der Waals surface area contributed by atoms with E-state index in [2.05, 4.69) is 10.3 Å². The second kappa shape index (κ2) is 9.78. The number of anilines is 1. The monoisotopic (exact) mass is 497 g/mol. The van der Waals surface area contributed by atoms with Gasteiger partial charge in [-0.05, 0) is 44.0 Å². The minimum atomic E-state index is -0.533. The lowest BCUT2D eigenvalue weighted by Gasteiger charge is -2.10. The number of benzene rings is 1. The third-order valence-electron chi connectivity index (χ3n) is 5.39. The van der Waals surface area contributed by atoms with Crippen molar-refractivity contribution in [1.82, 2.24) is 9.55 Å². The Bertz CT molecular complexity index is 1430. The summed E-state index contributed by atoms with van der Waals surface area (Å²) >= 11 is 2.67. The number of fused-ring (bicyclic) bond motifs is 1. The van der Waals surface area contributed by atoms with Gasteiger partial charge in [-0.25, -0.2) is 9.78 Å². The van der Waals surface area contributed by atoms with Crippen molar-refractivity contribution < 1.29 is 19.1 Å². The van der Waals surface area contributed by atoms with Crippen LogP contribution in [0.3, 0.4) is 0 Å². The first-order chi connectivity index (χ1) is 16.3. The van der Waals surface area contributed by atoms with E-state index in [1.165, 1.54) is 33.6 Å². The van der Waals surface area contributed by atoms with Gasteiger partial charge in [0, 0.05) is 15.8 Å². The Balaban J connectivity index is 1.63. The number of carbonyl (C=O) groups excluding carboxylic acids is 2. The van der Waals surface area contributed by atoms with Crippen molar-refractivity contribution in [3.8, 4) is 16.9 Å². The number of esters is 1. The van der Waals surface area contributed by atoms with Gasteiger partial charge >= 0.3 is 5.97 Å². The van der Waals surface area contributed by atoms with Gasteiger partial charge in [0.2, 0.25) is 5.91 Å². The maximum Gasteiger partial charge on any atom is 0.341 e. The highest BCUT2D eigenvalue weighted by atomic mass is 32.1. The Morgan fingerprint density at radius 3 is 2.59 bits per heavy atom. The van der Waals surface area contributed by atoms with E-state index in [4.69, 9.17) is 9.47 Å². The summed E-state index contributed by atoms with van der Waals surface area (Å²) in [7, 11) is 1.58. The Morgan fingerprint density at radius 2 is 1.91 bits per heavy atom. The smallest absolute Gasteiger partial charge is 0.341 e. The first kappa shape index (κ1) is 23.7. The van der Waals surface area contributed by atoms with Crippen molar-refractivity contribution in [2.75, 3.05) is 19.0 Å². The summed E-state index contributed by atoms with van der Waals surface area (Å²) in [6.45, 7) is 5.50. The Kier molecular flexibility index (Phi) is 6.80. The molecule has 0 saturated carbocycles. The number of carbonyl (C=O) groups is 2. The van der Waals surface area contributed by atoms with E-state index in [0.717, 1.165) is 16.0 Å². The number of hydrogen-bond donors (Lipinski definition) is 1. The number of hydrogen-bond acceptors (Lipinski definition) is 8. The van der Waals surface area contributed by atoms with Gasteiger partial charge < -0.3 is 14.8 Å². The molecule has 10 heteroatoms. The van der Waals surface area contributed by atoms with Gasteiger partial charge in [0.15, 0.2) is 0 Å². The molecular formula is C24H23N3O5S2. The number of methoxy groups -OCH3 is 1. The predicted octanol–water partition coefficient (Wildman–Crippen LogP) is 4.63. The lowest BCUT2D eigenvalue weighted by atomic mass is 10.0. The molecule has 3 aromatic heterocycles. The fourth-order valence-electron chi connectivity index (χ4n) is 3.54. The summed E-state index contributed by atoms with van der Waals surface area (Å²) in [5.41, 5.74) is 2.31. The molecule has 0 radical (unpaired) electrons. The highest BCUT2D eigenvalue weighted by molar-refractivity contribution is 7.18. The van der Waals surface area contributed by atoms with Crippen LogP contribution in [0.25, 0.3) is 21.3 Å². The van der Waals surface area contributed by atoms with Crippen LogP contribution in [0, 0.1) is 13.8 Å². The number of aromatic nitrogens is 2. The molecule has 0 saturated heterocycles. The molecule has 0 aliphatic rings. The van der Waals surface area contributed by atoms with Gasteiger partial charge in [-0.2, -0.15) is 0 Å². The third kappa shape index (κ3) is 4.46.